The molecule has 29 heavy (non-hydrogen) atoms. The van der Waals surface area contributed by atoms with Crippen molar-refractivity contribution in [2.45, 2.75) is 33.1 Å². The molecule has 2 aromatic rings. The molecular formula is C21H31Cl2N3O2S. The van der Waals surface area contributed by atoms with Gasteiger partial charge < -0.3 is 15.0 Å². The van der Waals surface area contributed by atoms with Gasteiger partial charge in [0.25, 0.3) is 5.91 Å². The summed E-state index contributed by atoms with van der Waals surface area (Å²) in [6.45, 7) is 7.31. The number of hydrogen-bond acceptors (Lipinski definition) is 5. The van der Waals surface area contributed by atoms with E-state index in [2.05, 4.69) is 10.3 Å². The number of likely N-dealkylation sites (tertiary alicyclic amines) is 1. The minimum atomic E-state index is 0. The lowest BCUT2D eigenvalue weighted by Gasteiger charge is -2.31. The molecule has 0 spiro atoms. The maximum absolute atomic E-state index is 13.0. The number of nitrogens with one attached hydrogen (secondary N) is 1. The first kappa shape index (κ1) is 25.7. The van der Waals surface area contributed by atoms with E-state index in [-0.39, 0.29) is 30.7 Å². The van der Waals surface area contributed by atoms with Gasteiger partial charge in [0.05, 0.1) is 12.3 Å². The number of aromatic nitrogens is 1. The number of rotatable bonds is 7. The standard InChI is InChI=1S/C21H29N3O2S.2ClH/c1-4-26-18-7-5-17(6-8-18)20-23-15(2)19(27-20)21(25)24-13-10-16(11-14-24)9-12-22-3;;/h5-8,16,22H,4,9-14H2,1-3H3;2*1H. The summed E-state index contributed by atoms with van der Waals surface area (Å²) in [6.07, 6.45) is 3.38. The lowest BCUT2D eigenvalue weighted by molar-refractivity contribution is 0.0691. The Morgan fingerprint density at radius 2 is 1.90 bits per heavy atom. The van der Waals surface area contributed by atoms with Crippen molar-refractivity contribution >= 4 is 42.1 Å². The summed E-state index contributed by atoms with van der Waals surface area (Å²) in [4.78, 5) is 20.4. The molecule has 2 heterocycles. The molecule has 0 aliphatic carbocycles. The zero-order valence-corrected chi connectivity index (χ0v) is 19.7. The van der Waals surface area contributed by atoms with Gasteiger partial charge in [-0.15, -0.1) is 36.2 Å². The number of nitrogens with zero attached hydrogens (tertiary/aromatic N) is 2. The van der Waals surface area contributed by atoms with Crippen molar-refractivity contribution in [2.24, 2.45) is 5.92 Å². The van der Waals surface area contributed by atoms with Crippen LogP contribution in [0, 0.1) is 12.8 Å². The van der Waals surface area contributed by atoms with Crippen molar-refractivity contribution in [1.82, 2.24) is 15.2 Å². The number of aryl methyl sites for hydroxylation is 1. The van der Waals surface area contributed by atoms with Crippen LogP contribution in [0.25, 0.3) is 10.6 Å². The SMILES string of the molecule is CCOc1ccc(-c2nc(C)c(C(=O)N3CCC(CCNC)CC3)s2)cc1.Cl.Cl. The summed E-state index contributed by atoms with van der Waals surface area (Å²) in [6, 6.07) is 7.91. The first-order valence-corrected chi connectivity index (χ1v) is 10.6. The van der Waals surface area contributed by atoms with Crippen LogP contribution >= 0.6 is 36.2 Å². The van der Waals surface area contributed by atoms with E-state index in [1.807, 2.05) is 50.1 Å². The Morgan fingerprint density at radius 3 is 2.48 bits per heavy atom. The molecule has 162 valence electrons. The molecule has 1 aliphatic rings. The topological polar surface area (TPSA) is 54.5 Å². The van der Waals surface area contributed by atoms with Crippen molar-refractivity contribution < 1.29 is 9.53 Å². The number of piperidine rings is 1. The average molecular weight is 460 g/mol. The number of carbonyl (C=O) groups is 1. The largest absolute Gasteiger partial charge is 0.494 e. The lowest BCUT2D eigenvalue weighted by Crippen LogP contribution is -2.38. The summed E-state index contributed by atoms with van der Waals surface area (Å²) in [5.41, 5.74) is 1.85. The van der Waals surface area contributed by atoms with Crippen molar-refractivity contribution in [3.8, 4) is 16.3 Å². The average Bonchev–Trinajstić information content (AvgIpc) is 3.08. The molecule has 0 radical (unpaired) electrons. The van der Waals surface area contributed by atoms with E-state index in [0.29, 0.717) is 6.61 Å². The fourth-order valence-corrected chi connectivity index (χ4v) is 4.54. The van der Waals surface area contributed by atoms with Crippen LogP contribution in [-0.4, -0.2) is 49.1 Å². The minimum Gasteiger partial charge on any atom is -0.494 e. The number of benzene rings is 1. The molecule has 1 aliphatic heterocycles. The van der Waals surface area contributed by atoms with E-state index < -0.39 is 0 Å². The van der Waals surface area contributed by atoms with E-state index in [9.17, 15) is 4.79 Å². The van der Waals surface area contributed by atoms with Crippen LogP contribution in [0.4, 0.5) is 0 Å². The van der Waals surface area contributed by atoms with Gasteiger partial charge in [0.15, 0.2) is 0 Å². The second kappa shape index (κ2) is 12.4. The highest BCUT2D eigenvalue weighted by Gasteiger charge is 2.26. The van der Waals surface area contributed by atoms with Gasteiger partial charge in [0.2, 0.25) is 0 Å². The van der Waals surface area contributed by atoms with Crippen LogP contribution in [0.2, 0.25) is 0 Å². The molecule has 0 atom stereocenters. The van der Waals surface area contributed by atoms with E-state index in [1.54, 1.807) is 0 Å². The van der Waals surface area contributed by atoms with Crippen LogP contribution in [0.1, 0.15) is 41.6 Å². The molecule has 1 fully saturated rings. The number of thiazole rings is 1. The van der Waals surface area contributed by atoms with Gasteiger partial charge in [-0.2, -0.15) is 0 Å². The van der Waals surface area contributed by atoms with Gasteiger partial charge in [-0.3, -0.25) is 4.79 Å². The van der Waals surface area contributed by atoms with Crippen LogP contribution < -0.4 is 10.1 Å². The van der Waals surface area contributed by atoms with Crippen molar-refractivity contribution in [3.63, 3.8) is 0 Å². The molecule has 0 saturated carbocycles. The summed E-state index contributed by atoms with van der Waals surface area (Å²) < 4.78 is 5.49. The third-order valence-electron chi connectivity index (χ3n) is 5.11. The van der Waals surface area contributed by atoms with Crippen molar-refractivity contribution in [2.75, 3.05) is 33.3 Å². The zero-order valence-electron chi connectivity index (χ0n) is 17.3. The molecule has 0 bridgehead atoms. The third-order valence-corrected chi connectivity index (χ3v) is 6.30. The quantitative estimate of drug-likeness (QED) is 0.644. The molecule has 5 nitrogen and oxygen atoms in total. The Bertz CT molecular complexity index is 760. The lowest BCUT2D eigenvalue weighted by atomic mass is 9.93. The zero-order chi connectivity index (χ0) is 19.2. The highest BCUT2D eigenvalue weighted by atomic mass is 35.5. The Balaban J connectivity index is 0.00000210. The van der Waals surface area contributed by atoms with Gasteiger partial charge in [0, 0.05) is 18.7 Å². The van der Waals surface area contributed by atoms with Gasteiger partial charge in [-0.05, 0) is 76.9 Å². The van der Waals surface area contributed by atoms with Gasteiger partial charge in [-0.1, -0.05) is 0 Å². The van der Waals surface area contributed by atoms with E-state index in [4.69, 9.17) is 4.74 Å². The molecule has 1 N–H and O–H groups in total. The van der Waals surface area contributed by atoms with Crippen molar-refractivity contribution in [3.05, 3.63) is 34.8 Å². The molecule has 1 amide bonds. The second-order valence-corrected chi connectivity index (χ2v) is 8.02. The van der Waals surface area contributed by atoms with Gasteiger partial charge >= 0.3 is 0 Å². The Kier molecular flexibility index (Phi) is 11.0. The molecule has 1 aromatic heterocycles. The molecule has 8 heteroatoms. The predicted molar refractivity (Wildman–Crippen MR) is 125 cm³/mol. The van der Waals surface area contributed by atoms with Gasteiger partial charge in [0.1, 0.15) is 15.6 Å². The molecule has 0 unspecified atom stereocenters. The van der Waals surface area contributed by atoms with Crippen LogP contribution in [-0.2, 0) is 0 Å². The van der Waals surface area contributed by atoms with Crippen LogP contribution in [0.15, 0.2) is 24.3 Å². The molecule has 3 rings (SSSR count). The van der Waals surface area contributed by atoms with Crippen LogP contribution in [0.3, 0.4) is 0 Å². The Morgan fingerprint density at radius 1 is 1.24 bits per heavy atom. The Hall–Kier alpha value is -1.34. The molecule has 1 aromatic carbocycles. The van der Waals surface area contributed by atoms with Crippen molar-refractivity contribution in [1.29, 1.82) is 0 Å². The number of halogens is 2. The first-order valence-electron chi connectivity index (χ1n) is 9.77. The summed E-state index contributed by atoms with van der Waals surface area (Å²) >= 11 is 1.50. The monoisotopic (exact) mass is 459 g/mol. The maximum Gasteiger partial charge on any atom is 0.265 e. The summed E-state index contributed by atoms with van der Waals surface area (Å²) in [5, 5.41) is 4.11. The van der Waals surface area contributed by atoms with E-state index in [0.717, 1.165) is 65.3 Å². The Labute approximate surface area is 190 Å². The highest BCUT2D eigenvalue weighted by molar-refractivity contribution is 7.17. The number of carbonyl (C=O) groups excluding carboxylic acids is 1. The summed E-state index contributed by atoms with van der Waals surface area (Å²) in [7, 11) is 1.99. The van der Waals surface area contributed by atoms with E-state index in [1.165, 1.54) is 17.8 Å². The maximum atomic E-state index is 13.0. The predicted octanol–water partition coefficient (Wildman–Crippen LogP) is 4.82. The number of ether oxygens (including phenoxy) is 1. The normalized spacial score (nSPS) is 14.1. The number of amides is 1. The fraction of sp³-hybridized carbons (Fsp3) is 0.524. The smallest absolute Gasteiger partial charge is 0.265 e. The van der Waals surface area contributed by atoms with Crippen LogP contribution in [0.5, 0.6) is 5.75 Å². The molecule has 1 saturated heterocycles. The van der Waals surface area contributed by atoms with E-state index >= 15 is 0 Å². The fourth-order valence-electron chi connectivity index (χ4n) is 3.50. The number of hydrogen-bond donors (Lipinski definition) is 1. The second-order valence-electron chi connectivity index (χ2n) is 7.02. The summed E-state index contributed by atoms with van der Waals surface area (Å²) in [5.74, 6) is 1.71. The minimum absolute atomic E-state index is 0. The first-order chi connectivity index (χ1) is 13.1. The molecular weight excluding hydrogens is 429 g/mol. The van der Waals surface area contributed by atoms with Gasteiger partial charge in [-0.25, -0.2) is 4.98 Å². The third kappa shape index (κ3) is 6.57. The highest BCUT2D eigenvalue weighted by Crippen LogP contribution is 2.31.